The van der Waals surface area contributed by atoms with Gasteiger partial charge in [-0.05, 0) is 66.6 Å². The Labute approximate surface area is 267 Å². The monoisotopic (exact) mass is 638 g/mol. The van der Waals surface area contributed by atoms with Gasteiger partial charge in [-0.2, -0.15) is 0 Å². The van der Waals surface area contributed by atoms with Gasteiger partial charge in [-0.15, -0.1) is 8.78 Å². The molecule has 2 N–H and O–H groups in total. The lowest BCUT2D eigenvalue weighted by Gasteiger charge is -2.16. The van der Waals surface area contributed by atoms with E-state index >= 15 is 0 Å². The number of rotatable bonds is 12. The van der Waals surface area contributed by atoms with Crippen LogP contribution in [0.1, 0.15) is 90.2 Å². The number of ketones is 4. The zero-order valence-electron chi connectivity index (χ0n) is 25.1. The first kappa shape index (κ1) is 31.4. The van der Waals surface area contributed by atoms with Crippen molar-refractivity contribution in [3.63, 3.8) is 0 Å². The summed E-state index contributed by atoms with van der Waals surface area (Å²) in [7, 11) is 0. The number of carbonyl (C=O) groups is 4. The van der Waals surface area contributed by atoms with E-state index in [0.717, 1.165) is 17.0 Å². The zero-order valence-corrected chi connectivity index (χ0v) is 25.1. The highest BCUT2D eigenvalue weighted by molar-refractivity contribution is 6.04. The number of pyridine rings is 1. The van der Waals surface area contributed by atoms with Crippen molar-refractivity contribution in [3.8, 4) is 11.5 Å². The highest BCUT2D eigenvalue weighted by atomic mass is 19.3. The summed E-state index contributed by atoms with van der Waals surface area (Å²) in [5.74, 6) is -1.90. The second-order valence-electron chi connectivity index (χ2n) is 11.2. The van der Waals surface area contributed by atoms with Crippen LogP contribution in [0.15, 0.2) is 85.1 Å². The van der Waals surface area contributed by atoms with Gasteiger partial charge in [0.2, 0.25) is 0 Å². The molecule has 3 aromatic carbocycles. The van der Waals surface area contributed by atoms with E-state index in [9.17, 15) is 33.1 Å². The van der Waals surface area contributed by atoms with Crippen LogP contribution in [-0.2, 0) is 0 Å². The van der Waals surface area contributed by atoms with E-state index in [1.165, 1.54) is 18.2 Å². The molecule has 1 aliphatic heterocycles. The van der Waals surface area contributed by atoms with Crippen molar-refractivity contribution in [2.45, 2.75) is 45.0 Å². The number of H-pyrrole nitrogens is 1. The molecule has 11 heteroatoms. The predicted octanol–water partition coefficient (Wildman–Crippen LogP) is 6.97. The second-order valence-corrected chi connectivity index (χ2v) is 11.2. The molecular weight excluding hydrogens is 610 g/mol. The van der Waals surface area contributed by atoms with Gasteiger partial charge in [0.25, 0.3) is 0 Å². The van der Waals surface area contributed by atoms with Crippen molar-refractivity contribution < 1.29 is 42.5 Å². The van der Waals surface area contributed by atoms with Crippen LogP contribution in [0, 0.1) is 6.92 Å². The number of carbonyl (C=O) groups excluding carboxylic acids is 4. The Bertz CT molecular complexity index is 2050. The van der Waals surface area contributed by atoms with Gasteiger partial charge in [-0.25, -0.2) is 4.98 Å². The summed E-state index contributed by atoms with van der Waals surface area (Å²) in [6.45, 7) is 1.71. The Balaban J connectivity index is 1.12. The minimum Gasteiger partial charge on any atom is -0.395 e. The fourth-order valence-electron chi connectivity index (χ4n) is 5.47. The van der Waals surface area contributed by atoms with E-state index < -0.39 is 24.0 Å². The van der Waals surface area contributed by atoms with Gasteiger partial charge in [0.15, 0.2) is 34.6 Å². The van der Waals surface area contributed by atoms with Crippen molar-refractivity contribution in [2.75, 3.05) is 0 Å². The number of ether oxygens (including phenoxy) is 2. The Morgan fingerprint density at radius 2 is 1.45 bits per heavy atom. The molecule has 0 amide bonds. The Morgan fingerprint density at radius 1 is 0.787 bits per heavy atom. The second kappa shape index (κ2) is 12.7. The molecule has 0 saturated heterocycles. The molecule has 3 heterocycles. The van der Waals surface area contributed by atoms with Crippen LogP contribution in [0.3, 0.4) is 0 Å². The number of aliphatic hydroxyl groups is 1. The topological polar surface area (TPSA) is 136 Å². The number of hydrogen-bond acceptors (Lipinski definition) is 8. The Morgan fingerprint density at radius 3 is 2.23 bits per heavy atom. The van der Waals surface area contributed by atoms with E-state index in [-0.39, 0.29) is 76.8 Å². The lowest BCUT2D eigenvalue weighted by molar-refractivity contribution is -0.286. The van der Waals surface area contributed by atoms with Crippen LogP contribution < -0.4 is 9.47 Å². The molecule has 2 aromatic heterocycles. The molecule has 238 valence electrons. The SMILES string of the molecule is Cc1ccc(C(O)c2ccccc2C(=O)CCC(=O)c2ccc3c(c2)OC(F)(F)O3)nc1C(=O)CCC(=O)c1ccc2[nH]ccc2c1. The number of hydrogen-bond donors (Lipinski definition) is 2. The molecule has 1 atom stereocenters. The highest BCUT2D eigenvalue weighted by Crippen LogP contribution is 2.41. The first-order valence-corrected chi connectivity index (χ1v) is 14.8. The van der Waals surface area contributed by atoms with Crippen LogP contribution >= 0.6 is 0 Å². The van der Waals surface area contributed by atoms with Crippen molar-refractivity contribution in [1.29, 1.82) is 0 Å². The molecular formula is C36H28F2N2O7. The van der Waals surface area contributed by atoms with Gasteiger partial charge in [0.05, 0.1) is 5.69 Å². The summed E-state index contributed by atoms with van der Waals surface area (Å²) in [5, 5.41) is 12.2. The first-order chi connectivity index (χ1) is 22.5. The minimum atomic E-state index is -3.82. The molecule has 0 radical (unpaired) electrons. The fraction of sp³-hybridized carbons (Fsp3) is 0.194. The molecule has 0 aliphatic carbocycles. The number of nitrogens with zero attached hydrogens (tertiary/aromatic N) is 1. The number of fused-ring (bicyclic) bond motifs is 2. The number of aromatic nitrogens is 2. The molecule has 9 nitrogen and oxygen atoms in total. The average Bonchev–Trinajstić information content (AvgIpc) is 3.67. The van der Waals surface area contributed by atoms with Gasteiger partial charge < -0.3 is 19.6 Å². The van der Waals surface area contributed by atoms with Crippen LogP contribution in [-0.4, -0.2) is 44.5 Å². The maximum absolute atomic E-state index is 13.3. The molecule has 0 fully saturated rings. The third-order valence-corrected chi connectivity index (χ3v) is 7.98. The van der Waals surface area contributed by atoms with Gasteiger partial charge in [0.1, 0.15) is 11.8 Å². The van der Waals surface area contributed by atoms with Gasteiger partial charge in [-0.1, -0.05) is 30.3 Å². The van der Waals surface area contributed by atoms with E-state index in [1.54, 1.807) is 55.6 Å². The molecule has 1 unspecified atom stereocenters. The van der Waals surface area contributed by atoms with E-state index in [1.807, 2.05) is 12.1 Å². The summed E-state index contributed by atoms with van der Waals surface area (Å²) in [6, 6.07) is 20.3. The van der Waals surface area contributed by atoms with Crippen LogP contribution in [0.4, 0.5) is 8.78 Å². The van der Waals surface area contributed by atoms with Gasteiger partial charge in [0, 0.05) is 59.5 Å². The van der Waals surface area contributed by atoms with Gasteiger partial charge in [-0.3, -0.25) is 19.2 Å². The molecule has 0 spiro atoms. The number of benzene rings is 3. The molecule has 5 aromatic rings. The van der Waals surface area contributed by atoms with Crippen LogP contribution in [0.2, 0.25) is 0 Å². The first-order valence-electron chi connectivity index (χ1n) is 14.8. The third kappa shape index (κ3) is 6.70. The zero-order chi connectivity index (χ0) is 33.3. The van der Waals surface area contributed by atoms with E-state index in [4.69, 9.17) is 0 Å². The maximum atomic E-state index is 13.3. The van der Waals surface area contributed by atoms with E-state index in [0.29, 0.717) is 11.1 Å². The number of aliphatic hydroxyl groups excluding tert-OH is 1. The standard InChI is InChI=1S/C36H28F2N2O7/c1-20-6-9-27(40-34(20)31(44)14-12-28(41)22-7-10-26-21(18-22)16-17-39-26)35(45)25-5-3-2-4-24(25)30(43)13-11-29(42)23-8-15-32-33(19-23)47-36(37,38)46-32/h2-10,15-19,35,39,45H,11-14H2,1H3. The summed E-state index contributed by atoms with van der Waals surface area (Å²) >= 11 is 0. The third-order valence-electron chi connectivity index (χ3n) is 7.98. The smallest absolute Gasteiger partial charge is 0.395 e. The molecule has 0 bridgehead atoms. The normalized spacial score (nSPS) is 13.8. The number of aromatic amines is 1. The Hall–Kier alpha value is -5.55. The number of alkyl halides is 2. The lowest BCUT2D eigenvalue weighted by Crippen LogP contribution is -2.25. The van der Waals surface area contributed by atoms with E-state index in [2.05, 4.69) is 19.4 Å². The Kier molecular flexibility index (Phi) is 8.48. The van der Waals surface area contributed by atoms with Crippen LogP contribution in [0.5, 0.6) is 11.5 Å². The minimum absolute atomic E-state index is 0.0164. The molecule has 6 rings (SSSR count). The number of nitrogens with one attached hydrogen (secondary N) is 1. The fourth-order valence-corrected chi connectivity index (χ4v) is 5.47. The van der Waals surface area contributed by atoms with Crippen LogP contribution in [0.25, 0.3) is 10.9 Å². The van der Waals surface area contributed by atoms with Crippen molar-refractivity contribution in [3.05, 3.63) is 124 Å². The number of Topliss-reactive ketones (excluding diaryl/α,β-unsaturated/α-hetero) is 4. The summed E-state index contributed by atoms with van der Waals surface area (Å²) in [6.07, 6.45) is -3.94. The lowest BCUT2D eigenvalue weighted by atomic mass is 9.93. The maximum Gasteiger partial charge on any atom is 0.586 e. The summed E-state index contributed by atoms with van der Waals surface area (Å²) in [5.41, 5.74) is 2.71. The van der Waals surface area contributed by atoms with Crippen molar-refractivity contribution in [1.82, 2.24) is 9.97 Å². The average molecular weight is 639 g/mol. The molecule has 0 saturated carbocycles. The predicted molar refractivity (Wildman–Crippen MR) is 166 cm³/mol. The van der Waals surface area contributed by atoms with Gasteiger partial charge >= 0.3 is 6.29 Å². The quantitative estimate of drug-likeness (QED) is 0.140. The summed E-state index contributed by atoms with van der Waals surface area (Å²) in [4.78, 5) is 59.5. The number of halogens is 2. The molecule has 1 aliphatic rings. The highest BCUT2D eigenvalue weighted by Gasteiger charge is 2.43. The number of aryl methyl sites for hydroxylation is 1. The molecule has 47 heavy (non-hydrogen) atoms. The summed E-state index contributed by atoms with van der Waals surface area (Å²) < 4.78 is 35.4. The van der Waals surface area contributed by atoms with Crippen molar-refractivity contribution in [2.24, 2.45) is 0 Å². The van der Waals surface area contributed by atoms with Crippen molar-refractivity contribution >= 4 is 34.0 Å². The largest absolute Gasteiger partial charge is 0.586 e.